The third-order valence-electron chi connectivity index (χ3n) is 11.7. The summed E-state index contributed by atoms with van der Waals surface area (Å²) in [6.07, 6.45) is 4.44. The fourth-order valence-corrected chi connectivity index (χ4v) is 8.93. The first kappa shape index (κ1) is 32.4. The van der Waals surface area contributed by atoms with E-state index in [9.17, 15) is 0 Å². The van der Waals surface area contributed by atoms with Gasteiger partial charge in [0.2, 0.25) is 0 Å². The van der Waals surface area contributed by atoms with Crippen molar-refractivity contribution in [1.82, 2.24) is 0 Å². The molecule has 260 valence electrons. The van der Waals surface area contributed by atoms with E-state index < -0.39 is 0 Å². The zero-order chi connectivity index (χ0) is 36.2. The molecule has 2 heterocycles. The molecule has 2 nitrogen and oxygen atoms in total. The fourth-order valence-electron chi connectivity index (χ4n) is 8.93. The second kappa shape index (κ2) is 13.3. The molecule has 0 spiro atoms. The van der Waals surface area contributed by atoms with E-state index in [0.29, 0.717) is 5.92 Å². The predicted octanol–water partition coefficient (Wildman–Crippen LogP) is 14.4. The number of furan rings is 1. The van der Waals surface area contributed by atoms with Crippen LogP contribution in [0.5, 0.6) is 0 Å². The Labute approximate surface area is 316 Å². The van der Waals surface area contributed by atoms with E-state index in [0.717, 1.165) is 29.7 Å². The highest BCUT2D eigenvalue weighted by Crippen LogP contribution is 2.46. The second-order valence-electron chi connectivity index (χ2n) is 15.0. The molecule has 8 aromatic carbocycles. The minimum atomic E-state index is 0.0213. The van der Waals surface area contributed by atoms with Gasteiger partial charge >= 0.3 is 0 Å². The van der Waals surface area contributed by atoms with Crippen LogP contribution in [-0.2, 0) is 0 Å². The van der Waals surface area contributed by atoms with Crippen molar-refractivity contribution in [2.45, 2.75) is 32.7 Å². The van der Waals surface area contributed by atoms with Crippen molar-refractivity contribution in [2.75, 3.05) is 0 Å². The van der Waals surface area contributed by atoms with Gasteiger partial charge in [-0.2, -0.15) is 0 Å². The van der Waals surface area contributed by atoms with Gasteiger partial charge in [-0.3, -0.25) is 4.99 Å². The average molecular weight is 696 g/mol. The van der Waals surface area contributed by atoms with Crippen LogP contribution in [0, 0.1) is 11.8 Å². The SMILES string of the molecule is CCC1C/C(c2c3ccccc3cc3oc4cc5ccccc5cc4c23)=C\C(C)/C(c2ccc(-c3ccc4ccccc4c3)cc2)=N\C1c1ccccc1. The van der Waals surface area contributed by atoms with Gasteiger partial charge in [0.15, 0.2) is 0 Å². The van der Waals surface area contributed by atoms with Crippen LogP contribution in [0.3, 0.4) is 0 Å². The molecule has 3 unspecified atom stereocenters. The number of nitrogens with zero attached hydrogens (tertiary/aromatic N) is 1. The molecule has 0 N–H and O–H groups in total. The quantitative estimate of drug-likeness (QED) is 0.176. The Kier molecular flexibility index (Phi) is 7.99. The number of benzene rings is 8. The topological polar surface area (TPSA) is 25.5 Å². The summed E-state index contributed by atoms with van der Waals surface area (Å²) in [4.78, 5) is 5.73. The second-order valence-corrected chi connectivity index (χ2v) is 15.0. The van der Waals surface area contributed by atoms with E-state index in [-0.39, 0.29) is 12.0 Å². The third-order valence-corrected chi connectivity index (χ3v) is 11.7. The molecule has 3 atom stereocenters. The van der Waals surface area contributed by atoms with Gasteiger partial charge in [0, 0.05) is 22.4 Å². The summed E-state index contributed by atoms with van der Waals surface area (Å²) in [6, 6.07) is 59.6. The zero-order valence-corrected chi connectivity index (χ0v) is 30.7. The van der Waals surface area contributed by atoms with Crippen molar-refractivity contribution in [1.29, 1.82) is 0 Å². The maximum atomic E-state index is 6.74. The summed E-state index contributed by atoms with van der Waals surface area (Å²) in [5.74, 6) is 0.370. The van der Waals surface area contributed by atoms with Crippen molar-refractivity contribution in [3.05, 3.63) is 187 Å². The van der Waals surface area contributed by atoms with E-state index in [1.165, 1.54) is 76.5 Å². The van der Waals surface area contributed by atoms with Gasteiger partial charge in [-0.25, -0.2) is 0 Å². The zero-order valence-electron chi connectivity index (χ0n) is 30.7. The Hall–Kier alpha value is -6.25. The first-order chi connectivity index (χ1) is 26.6. The molecule has 0 aliphatic carbocycles. The molecule has 9 aromatic rings. The normalized spacial score (nSPS) is 19.8. The molecule has 10 rings (SSSR count). The summed E-state index contributed by atoms with van der Waals surface area (Å²) < 4.78 is 6.74. The Morgan fingerprint density at radius 2 is 1.17 bits per heavy atom. The van der Waals surface area contributed by atoms with E-state index in [2.05, 4.69) is 184 Å². The lowest BCUT2D eigenvalue weighted by molar-refractivity contribution is 0.426. The van der Waals surface area contributed by atoms with Gasteiger partial charge in [0.1, 0.15) is 11.2 Å². The highest BCUT2D eigenvalue weighted by Gasteiger charge is 2.30. The molecule has 1 aromatic heterocycles. The molecular formula is C52H41NO. The largest absolute Gasteiger partial charge is 0.456 e. The molecule has 0 fully saturated rings. The summed E-state index contributed by atoms with van der Waals surface area (Å²) >= 11 is 0. The molecule has 2 heteroatoms. The number of hydrogen-bond donors (Lipinski definition) is 0. The molecule has 0 radical (unpaired) electrons. The van der Waals surface area contributed by atoms with Crippen LogP contribution in [0.25, 0.3) is 71.0 Å². The molecule has 1 aliphatic rings. The maximum Gasteiger partial charge on any atom is 0.136 e. The van der Waals surface area contributed by atoms with Crippen molar-refractivity contribution < 1.29 is 4.42 Å². The van der Waals surface area contributed by atoms with Gasteiger partial charge in [0.05, 0.1) is 6.04 Å². The molecule has 0 bridgehead atoms. The van der Waals surface area contributed by atoms with Gasteiger partial charge in [-0.1, -0.05) is 166 Å². The first-order valence-electron chi connectivity index (χ1n) is 19.3. The van der Waals surface area contributed by atoms with Crippen molar-refractivity contribution in [3.63, 3.8) is 0 Å². The fraction of sp³-hybridized carbons (Fsp3) is 0.135. The lowest BCUT2D eigenvalue weighted by Gasteiger charge is -2.30. The monoisotopic (exact) mass is 695 g/mol. The predicted molar refractivity (Wildman–Crippen MR) is 229 cm³/mol. The molecule has 0 saturated heterocycles. The maximum absolute atomic E-state index is 6.74. The summed E-state index contributed by atoms with van der Waals surface area (Å²) in [5.41, 5.74) is 10.5. The molecule has 0 amide bonds. The summed E-state index contributed by atoms with van der Waals surface area (Å²) in [7, 11) is 0. The highest BCUT2D eigenvalue weighted by atomic mass is 16.3. The standard InChI is InChI=1S/C52H41NO/c1-3-34-28-44(49-45-20-12-11-19-43(45)32-48-50(49)46-30-40-17-9-10-18-41(40)31-47(46)54-48)27-33(2)51(53-52(34)37-14-5-4-6-15-37)38-24-21-36(22-25-38)42-26-23-35-13-7-8-16-39(35)29-42/h4-27,29-34,52H,3,28H2,1-2H3/b44-27+,53-51+. The number of fused-ring (bicyclic) bond motifs is 6. The number of hydrogen-bond acceptors (Lipinski definition) is 2. The molecule has 54 heavy (non-hydrogen) atoms. The third kappa shape index (κ3) is 5.61. The van der Waals surface area contributed by atoms with Crippen LogP contribution >= 0.6 is 0 Å². The van der Waals surface area contributed by atoms with E-state index in [1.807, 2.05) is 0 Å². The van der Waals surface area contributed by atoms with E-state index >= 15 is 0 Å². The molecule has 0 saturated carbocycles. The van der Waals surface area contributed by atoms with E-state index in [1.54, 1.807) is 0 Å². The van der Waals surface area contributed by atoms with E-state index in [4.69, 9.17) is 9.41 Å². The summed E-state index contributed by atoms with van der Waals surface area (Å²) in [5, 5.41) is 9.78. The van der Waals surface area contributed by atoms with Gasteiger partial charge in [0.25, 0.3) is 0 Å². The van der Waals surface area contributed by atoms with Crippen molar-refractivity contribution >= 4 is 65.5 Å². The van der Waals surface area contributed by atoms with Crippen LogP contribution in [-0.4, -0.2) is 5.71 Å². The number of rotatable bonds is 5. The van der Waals surface area contributed by atoms with Crippen LogP contribution < -0.4 is 0 Å². The Morgan fingerprint density at radius 3 is 1.93 bits per heavy atom. The Balaban J connectivity index is 1.17. The molecular weight excluding hydrogens is 655 g/mol. The first-order valence-corrected chi connectivity index (χ1v) is 19.3. The van der Waals surface area contributed by atoms with Crippen molar-refractivity contribution in [3.8, 4) is 11.1 Å². The number of aliphatic imine (C=N–C) groups is 1. The van der Waals surface area contributed by atoms with Crippen molar-refractivity contribution in [2.24, 2.45) is 16.8 Å². The Bertz CT molecular complexity index is 2910. The van der Waals surface area contributed by atoms with Crippen LogP contribution in [0.2, 0.25) is 0 Å². The minimum absolute atomic E-state index is 0.0213. The smallest absolute Gasteiger partial charge is 0.136 e. The number of allylic oxidation sites excluding steroid dienone is 2. The van der Waals surface area contributed by atoms with Gasteiger partial charge in [-0.15, -0.1) is 0 Å². The van der Waals surface area contributed by atoms with Crippen LogP contribution in [0.1, 0.15) is 49.4 Å². The van der Waals surface area contributed by atoms with Gasteiger partial charge in [-0.05, 0) is 102 Å². The van der Waals surface area contributed by atoms with Gasteiger partial charge < -0.3 is 4.42 Å². The lowest BCUT2D eigenvalue weighted by Crippen LogP contribution is -2.21. The average Bonchev–Trinajstić information content (AvgIpc) is 3.57. The lowest BCUT2D eigenvalue weighted by atomic mass is 9.79. The molecule has 1 aliphatic heterocycles. The highest BCUT2D eigenvalue weighted by molar-refractivity contribution is 6.20. The minimum Gasteiger partial charge on any atom is -0.456 e. The summed E-state index contributed by atoms with van der Waals surface area (Å²) in [6.45, 7) is 4.66. The van der Waals surface area contributed by atoms with Crippen LogP contribution in [0.4, 0.5) is 0 Å². The van der Waals surface area contributed by atoms with Crippen LogP contribution in [0.15, 0.2) is 179 Å². The Morgan fingerprint density at radius 1 is 0.556 bits per heavy atom.